The molecule has 0 bridgehead atoms. The van der Waals surface area contributed by atoms with E-state index in [1.165, 1.54) is 11.1 Å². The van der Waals surface area contributed by atoms with E-state index in [1.807, 2.05) is 18.2 Å². The van der Waals surface area contributed by atoms with E-state index in [2.05, 4.69) is 42.5 Å². The molecule has 1 atom stereocenters. The number of rotatable bonds is 1. The van der Waals surface area contributed by atoms with Crippen molar-refractivity contribution in [3.8, 4) is 0 Å². The fraction of sp³-hybridized carbons (Fsp3) is 0.125. The average Bonchev–Trinajstić information content (AvgIpc) is 2.55. The van der Waals surface area contributed by atoms with Crippen LogP contribution in [0, 0.1) is 5.92 Å². The van der Waals surface area contributed by atoms with Gasteiger partial charge in [-0.05, 0) is 22.3 Å². The van der Waals surface area contributed by atoms with E-state index in [4.69, 9.17) is 0 Å². The fourth-order valence-corrected chi connectivity index (χ4v) is 2.48. The molecule has 1 unspecified atom stereocenters. The topological polar surface area (TPSA) is 20.2 Å². The van der Waals surface area contributed by atoms with Crippen LogP contribution in [-0.2, 0) is 0 Å². The third-order valence-electron chi connectivity index (χ3n) is 3.34. The number of aliphatic hydroxyl groups is 1. The monoisotopic (exact) mass is 222 g/mol. The maximum atomic E-state index is 9.66. The lowest BCUT2D eigenvalue weighted by Crippen LogP contribution is -2.03. The van der Waals surface area contributed by atoms with Gasteiger partial charge in [0.1, 0.15) is 0 Å². The number of hydrogen-bond acceptors (Lipinski definition) is 1. The van der Waals surface area contributed by atoms with Crippen molar-refractivity contribution in [2.75, 3.05) is 6.61 Å². The summed E-state index contributed by atoms with van der Waals surface area (Å²) in [6.07, 6.45) is 12.7. The fourth-order valence-electron chi connectivity index (χ4n) is 2.48. The molecule has 0 spiro atoms. The van der Waals surface area contributed by atoms with Gasteiger partial charge >= 0.3 is 0 Å². The maximum Gasteiger partial charge on any atom is 0.0690 e. The Morgan fingerprint density at radius 2 is 1.88 bits per heavy atom. The van der Waals surface area contributed by atoms with Gasteiger partial charge in [0.2, 0.25) is 0 Å². The molecule has 3 rings (SSSR count). The standard InChI is InChI=1S/C16H14O/c17-11-16-14-7-3-1-5-12(14)9-10-13-6-2-4-8-15(13)16/h1-10,12,17H,11H2. The number of aliphatic hydroxyl groups excluding tert-OH is 1. The van der Waals surface area contributed by atoms with Crippen LogP contribution >= 0.6 is 0 Å². The number of hydrogen-bond donors (Lipinski definition) is 1. The van der Waals surface area contributed by atoms with E-state index in [1.54, 1.807) is 0 Å². The van der Waals surface area contributed by atoms with Crippen LogP contribution in [0.25, 0.3) is 11.6 Å². The molecule has 1 aromatic rings. The van der Waals surface area contributed by atoms with Crippen molar-refractivity contribution >= 4 is 11.6 Å². The van der Waals surface area contributed by atoms with E-state index < -0.39 is 0 Å². The normalized spacial score (nSPS) is 21.1. The summed E-state index contributed by atoms with van der Waals surface area (Å²) < 4.78 is 0. The highest BCUT2D eigenvalue weighted by Gasteiger charge is 2.18. The summed E-state index contributed by atoms with van der Waals surface area (Å²) in [5, 5.41) is 9.66. The lowest BCUT2D eigenvalue weighted by molar-refractivity contribution is 0.349. The van der Waals surface area contributed by atoms with Gasteiger partial charge in [0.15, 0.2) is 0 Å². The minimum Gasteiger partial charge on any atom is -0.392 e. The number of fused-ring (bicyclic) bond motifs is 2. The van der Waals surface area contributed by atoms with Crippen LogP contribution in [0.3, 0.4) is 0 Å². The molecule has 17 heavy (non-hydrogen) atoms. The van der Waals surface area contributed by atoms with Gasteiger partial charge in [-0.1, -0.05) is 60.7 Å². The number of benzene rings is 1. The van der Waals surface area contributed by atoms with Gasteiger partial charge in [-0.15, -0.1) is 0 Å². The Hall–Kier alpha value is -1.86. The van der Waals surface area contributed by atoms with Crippen molar-refractivity contribution in [1.82, 2.24) is 0 Å². The van der Waals surface area contributed by atoms with Gasteiger partial charge in [-0.3, -0.25) is 0 Å². The minimum absolute atomic E-state index is 0.0860. The van der Waals surface area contributed by atoms with E-state index >= 15 is 0 Å². The average molecular weight is 222 g/mol. The molecule has 1 heteroatoms. The number of allylic oxidation sites excluding steroid dienone is 6. The van der Waals surface area contributed by atoms with Gasteiger partial charge in [-0.2, -0.15) is 0 Å². The summed E-state index contributed by atoms with van der Waals surface area (Å²) in [5.41, 5.74) is 4.57. The SMILES string of the molecule is OCC1=C2C=CC=CC2C=Cc2ccccc21. The highest BCUT2D eigenvalue weighted by Crippen LogP contribution is 2.34. The molecule has 0 saturated carbocycles. The zero-order valence-corrected chi connectivity index (χ0v) is 9.51. The Balaban J connectivity index is 2.27. The first kappa shape index (κ1) is 10.3. The first-order valence-electron chi connectivity index (χ1n) is 5.86. The van der Waals surface area contributed by atoms with Crippen molar-refractivity contribution in [2.24, 2.45) is 5.92 Å². The molecular weight excluding hydrogens is 208 g/mol. The zero-order valence-electron chi connectivity index (χ0n) is 9.51. The quantitative estimate of drug-likeness (QED) is 0.773. The van der Waals surface area contributed by atoms with Crippen molar-refractivity contribution in [3.63, 3.8) is 0 Å². The van der Waals surface area contributed by atoms with Crippen LogP contribution in [0.5, 0.6) is 0 Å². The first-order chi connectivity index (χ1) is 8.40. The lowest BCUT2D eigenvalue weighted by atomic mass is 9.89. The molecule has 0 amide bonds. The summed E-state index contributed by atoms with van der Waals surface area (Å²) in [6, 6.07) is 8.22. The molecule has 0 fully saturated rings. The molecule has 1 N–H and O–H groups in total. The van der Waals surface area contributed by atoms with Crippen molar-refractivity contribution in [1.29, 1.82) is 0 Å². The van der Waals surface area contributed by atoms with E-state index in [0.717, 1.165) is 11.1 Å². The maximum absolute atomic E-state index is 9.66. The predicted octanol–water partition coefficient (Wildman–Crippen LogP) is 3.20. The first-order valence-corrected chi connectivity index (χ1v) is 5.86. The van der Waals surface area contributed by atoms with Crippen LogP contribution < -0.4 is 0 Å². The lowest BCUT2D eigenvalue weighted by Gasteiger charge is -2.16. The van der Waals surface area contributed by atoms with Gasteiger partial charge in [0.05, 0.1) is 6.61 Å². The van der Waals surface area contributed by atoms with Crippen molar-refractivity contribution in [3.05, 3.63) is 71.3 Å². The molecule has 1 nitrogen and oxygen atoms in total. The highest BCUT2D eigenvalue weighted by molar-refractivity contribution is 5.81. The van der Waals surface area contributed by atoms with Gasteiger partial charge < -0.3 is 5.11 Å². The second-order valence-electron chi connectivity index (χ2n) is 4.31. The Labute approximate surface area is 101 Å². The smallest absolute Gasteiger partial charge is 0.0690 e. The molecule has 1 aromatic carbocycles. The van der Waals surface area contributed by atoms with Gasteiger partial charge in [0.25, 0.3) is 0 Å². The molecule has 84 valence electrons. The second kappa shape index (κ2) is 4.19. The predicted molar refractivity (Wildman–Crippen MR) is 71.3 cm³/mol. The summed E-state index contributed by atoms with van der Waals surface area (Å²) >= 11 is 0. The van der Waals surface area contributed by atoms with E-state index in [0.29, 0.717) is 0 Å². The summed E-state index contributed by atoms with van der Waals surface area (Å²) in [7, 11) is 0. The summed E-state index contributed by atoms with van der Waals surface area (Å²) in [4.78, 5) is 0. The molecule has 0 aromatic heterocycles. The Morgan fingerprint density at radius 3 is 2.76 bits per heavy atom. The van der Waals surface area contributed by atoms with Crippen LogP contribution in [0.15, 0.2) is 60.2 Å². The summed E-state index contributed by atoms with van der Waals surface area (Å²) in [5.74, 6) is 0.287. The second-order valence-corrected chi connectivity index (χ2v) is 4.31. The van der Waals surface area contributed by atoms with Crippen LogP contribution in [0.4, 0.5) is 0 Å². The van der Waals surface area contributed by atoms with Gasteiger partial charge in [-0.25, -0.2) is 0 Å². The van der Waals surface area contributed by atoms with Gasteiger partial charge in [0, 0.05) is 5.92 Å². The Bertz CT molecular complexity index is 559. The summed E-state index contributed by atoms with van der Waals surface area (Å²) in [6.45, 7) is 0.0860. The zero-order chi connectivity index (χ0) is 11.7. The molecule has 0 radical (unpaired) electrons. The molecule has 0 saturated heterocycles. The van der Waals surface area contributed by atoms with E-state index in [-0.39, 0.29) is 12.5 Å². The Morgan fingerprint density at radius 1 is 1.00 bits per heavy atom. The molecule has 0 heterocycles. The third-order valence-corrected chi connectivity index (χ3v) is 3.34. The van der Waals surface area contributed by atoms with Crippen LogP contribution in [0.2, 0.25) is 0 Å². The van der Waals surface area contributed by atoms with Crippen molar-refractivity contribution in [2.45, 2.75) is 0 Å². The molecular formula is C16H14O. The van der Waals surface area contributed by atoms with E-state index in [9.17, 15) is 5.11 Å². The molecule has 2 aliphatic carbocycles. The molecule has 2 aliphatic rings. The largest absolute Gasteiger partial charge is 0.392 e. The highest BCUT2D eigenvalue weighted by atomic mass is 16.3. The van der Waals surface area contributed by atoms with Crippen molar-refractivity contribution < 1.29 is 5.11 Å². The van der Waals surface area contributed by atoms with Crippen LogP contribution in [0.1, 0.15) is 11.1 Å². The third kappa shape index (κ3) is 1.69. The molecule has 0 aliphatic heterocycles. The minimum atomic E-state index is 0.0860. The Kier molecular flexibility index (Phi) is 2.54. The van der Waals surface area contributed by atoms with Crippen LogP contribution in [-0.4, -0.2) is 11.7 Å².